The average Bonchev–Trinajstić information content (AvgIpc) is 2.60. The van der Waals surface area contributed by atoms with Gasteiger partial charge in [-0.25, -0.2) is 0 Å². The Morgan fingerprint density at radius 3 is 2.12 bits per heavy atom. The summed E-state index contributed by atoms with van der Waals surface area (Å²) in [6.45, 7) is 10.6. The van der Waals surface area contributed by atoms with E-state index < -0.39 is 0 Å². The van der Waals surface area contributed by atoms with Gasteiger partial charge in [-0.1, -0.05) is 51.9 Å². The normalized spacial score (nSPS) is 19.6. The molecule has 0 unspecified atom stereocenters. The highest BCUT2D eigenvalue weighted by Crippen LogP contribution is 2.44. The first-order chi connectivity index (χ1) is 11.9. The summed E-state index contributed by atoms with van der Waals surface area (Å²) in [4.78, 5) is 0. The summed E-state index contributed by atoms with van der Waals surface area (Å²) in [6, 6.07) is 0. The molecule has 25 heavy (non-hydrogen) atoms. The molecule has 0 spiro atoms. The van der Waals surface area contributed by atoms with Crippen LogP contribution >= 0.6 is 0 Å². The van der Waals surface area contributed by atoms with Crippen LogP contribution < -0.4 is 4.74 Å². The van der Waals surface area contributed by atoms with E-state index >= 15 is 0 Å². The van der Waals surface area contributed by atoms with Gasteiger partial charge in [0.1, 0.15) is 17.1 Å². The zero-order valence-corrected chi connectivity index (χ0v) is 17.1. The van der Waals surface area contributed by atoms with Crippen LogP contribution in [0.4, 0.5) is 0 Å². The molecule has 1 atom stereocenters. The summed E-state index contributed by atoms with van der Waals surface area (Å²) in [7, 11) is 0. The summed E-state index contributed by atoms with van der Waals surface area (Å²) in [5, 5.41) is 10.3. The van der Waals surface area contributed by atoms with Crippen molar-refractivity contribution in [3.63, 3.8) is 0 Å². The molecule has 2 heteroatoms. The molecule has 2 rings (SSSR count). The fourth-order valence-corrected chi connectivity index (χ4v) is 4.10. The quantitative estimate of drug-likeness (QED) is 0.491. The molecule has 142 valence electrons. The van der Waals surface area contributed by atoms with E-state index in [1.165, 1.54) is 56.9 Å². The first-order valence-electron chi connectivity index (χ1n) is 10.4. The number of hydrogen-bond donors (Lipinski definition) is 1. The molecule has 1 aromatic carbocycles. The van der Waals surface area contributed by atoms with E-state index in [9.17, 15) is 5.11 Å². The van der Waals surface area contributed by atoms with Crippen molar-refractivity contribution in [2.24, 2.45) is 0 Å². The van der Waals surface area contributed by atoms with Gasteiger partial charge >= 0.3 is 0 Å². The molecule has 1 aliphatic heterocycles. The second kappa shape index (κ2) is 8.96. The molecule has 1 heterocycles. The molecular weight excluding hydrogens is 308 g/mol. The lowest BCUT2D eigenvalue weighted by molar-refractivity contribution is 0.0521. The van der Waals surface area contributed by atoms with Gasteiger partial charge in [-0.15, -0.1) is 0 Å². The summed E-state index contributed by atoms with van der Waals surface area (Å²) in [5.41, 5.74) is 4.25. The molecule has 0 fully saturated rings. The number of fused-ring (bicyclic) bond motifs is 1. The molecular formula is C23H38O2. The molecule has 1 aliphatic rings. The van der Waals surface area contributed by atoms with Crippen molar-refractivity contribution in [2.45, 2.75) is 111 Å². The molecule has 0 aromatic heterocycles. The van der Waals surface area contributed by atoms with Crippen LogP contribution in [0, 0.1) is 20.8 Å². The number of unbranched alkanes of at least 4 members (excludes halogenated alkanes) is 7. The van der Waals surface area contributed by atoms with Crippen LogP contribution in [0.15, 0.2) is 0 Å². The van der Waals surface area contributed by atoms with E-state index in [1.807, 2.05) is 13.8 Å². The van der Waals surface area contributed by atoms with Gasteiger partial charge < -0.3 is 9.84 Å². The van der Waals surface area contributed by atoms with Crippen LogP contribution in [0.1, 0.15) is 100 Å². The molecule has 0 amide bonds. The van der Waals surface area contributed by atoms with E-state index in [4.69, 9.17) is 4.74 Å². The predicted octanol–water partition coefficient (Wildman–Crippen LogP) is 6.93. The van der Waals surface area contributed by atoms with Crippen LogP contribution in [0.2, 0.25) is 0 Å². The number of ether oxygens (including phenoxy) is 1. The lowest BCUT2D eigenvalue weighted by Crippen LogP contribution is -2.37. The van der Waals surface area contributed by atoms with Crippen molar-refractivity contribution in [3.8, 4) is 11.5 Å². The highest BCUT2D eigenvalue weighted by Gasteiger charge is 2.33. The van der Waals surface area contributed by atoms with E-state index in [2.05, 4.69) is 20.8 Å². The summed E-state index contributed by atoms with van der Waals surface area (Å²) >= 11 is 0. The van der Waals surface area contributed by atoms with Gasteiger partial charge in [-0.2, -0.15) is 0 Å². The van der Waals surface area contributed by atoms with Crippen LogP contribution in [0.5, 0.6) is 11.5 Å². The number of rotatable bonds is 9. The number of aromatic hydroxyl groups is 1. The molecule has 0 saturated heterocycles. The maximum absolute atomic E-state index is 10.3. The Kier molecular flexibility index (Phi) is 7.22. The minimum atomic E-state index is -0.0458. The van der Waals surface area contributed by atoms with Gasteiger partial charge in [0.05, 0.1) is 0 Å². The zero-order chi connectivity index (χ0) is 18.4. The Balaban J connectivity index is 1.86. The molecule has 0 radical (unpaired) electrons. The molecule has 1 aromatic rings. The monoisotopic (exact) mass is 346 g/mol. The summed E-state index contributed by atoms with van der Waals surface area (Å²) in [5.74, 6) is 1.49. The van der Waals surface area contributed by atoms with Crippen molar-refractivity contribution in [2.75, 3.05) is 0 Å². The van der Waals surface area contributed by atoms with Crippen LogP contribution in [0.3, 0.4) is 0 Å². The number of benzene rings is 1. The Bertz CT molecular complexity index is 576. The third-order valence-electron chi connectivity index (χ3n) is 6.15. The predicted molar refractivity (Wildman–Crippen MR) is 107 cm³/mol. The molecule has 1 N–H and O–H groups in total. The Labute approximate surface area is 155 Å². The van der Waals surface area contributed by atoms with E-state index in [-0.39, 0.29) is 5.60 Å². The summed E-state index contributed by atoms with van der Waals surface area (Å²) in [6.07, 6.45) is 14.1. The molecule has 0 aliphatic carbocycles. The van der Waals surface area contributed by atoms with Crippen molar-refractivity contribution < 1.29 is 9.84 Å². The maximum Gasteiger partial charge on any atom is 0.127 e. The van der Waals surface area contributed by atoms with Gasteiger partial charge in [-0.3, -0.25) is 0 Å². The van der Waals surface area contributed by atoms with Gasteiger partial charge in [0.2, 0.25) is 0 Å². The highest BCUT2D eigenvalue weighted by atomic mass is 16.5. The number of hydrogen-bond acceptors (Lipinski definition) is 2. The van der Waals surface area contributed by atoms with Crippen LogP contribution in [0.25, 0.3) is 0 Å². The largest absolute Gasteiger partial charge is 0.507 e. The van der Waals surface area contributed by atoms with Gasteiger partial charge in [0.25, 0.3) is 0 Å². The standard InChI is InChI=1S/C23H38O2/c1-6-7-8-9-10-11-12-13-15-23(5)16-14-20-19(4)21(24)17(2)18(3)22(20)25-23/h24H,6-16H2,1-5H3/t23-/m0/s1. The van der Waals surface area contributed by atoms with E-state index in [0.717, 1.165) is 41.7 Å². The Morgan fingerprint density at radius 2 is 1.48 bits per heavy atom. The van der Waals surface area contributed by atoms with Crippen molar-refractivity contribution in [1.82, 2.24) is 0 Å². The second-order valence-corrected chi connectivity index (χ2v) is 8.31. The first kappa shape index (κ1) is 20.1. The van der Waals surface area contributed by atoms with Crippen molar-refractivity contribution in [1.29, 1.82) is 0 Å². The van der Waals surface area contributed by atoms with Gasteiger partial charge in [-0.05, 0) is 70.1 Å². The van der Waals surface area contributed by atoms with Gasteiger partial charge in [0, 0.05) is 5.56 Å². The SMILES string of the molecule is CCCCCCCCCC[C@@]1(C)CCc2c(C)c(O)c(C)c(C)c2O1. The fraction of sp³-hybridized carbons (Fsp3) is 0.739. The molecule has 0 bridgehead atoms. The van der Waals surface area contributed by atoms with E-state index in [1.54, 1.807) is 0 Å². The third kappa shape index (κ3) is 4.92. The topological polar surface area (TPSA) is 29.5 Å². The smallest absolute Gasteiger partial charge is 0.127 e. The molecule has 2 nitrogen and oxygen atoms in total. The van der Waals surface area contributed by atoms with E-state index in [0.29, 0.717) is 5.75 Å². The Morgan fingerprint density at radius 1 is 0.880 bits per heavy atom. The third-order valence-corrected chi connectivity index (χ3v) is 6.15. The highest BCUT2D eigenvalue weighted by molar-refractivity contribution is 5.58. The average molecular weight is 347 g/mol. The van der Waals surface area contributed by atoms with Gasteiger partial charge in [0.15, 0.2) is 0 Å². The summed E-state index contributed by atoms with van der Waals surface area (Å²) < 4.78 is 6.52. The van der Waals surface area contributed by atoms with Crippen molar-refractivity contribution >= 4 is 0 Å². The lowest BCUT2D eigenvalue weighted by atomic mass is 9.84. The maximum atomic E-state index is 10.3. The fourth-order valence-electron chi connectivity index (χ4n) is 4.10. The van der Waals surface area contributed by atoms with Crippen molar-refractivity contribution in [3.05, 3.63) is 22.3 Å². The van der Waals surface area contributed by atoms with Crippen LogP contribution in [-0.4, -0.2) is 10.7 Å². The van der Waals surface area contributed by atoms with Crippen LogP contribution in [-0.2, 0) is 6.42 Å². The second-order valence-electron chi connectivity index (χ2n) is 8.31. The lowest BCUT2D eigenvalue weighted by Gasteiger charge is -2.38. The first-order valence-corrected chi connectivity index (χ1v) is 10.4. The minimum absolute atomic E-state index is 0.0458. The Hall–Kier alpha value is -1.18. The number of phenols is 1. The zero-order valence-electron chi connectivity index (χ0n) is 17.1. The molecule has 0 saturated carbocycles. The number of phenolic OH excluding ortho intramolecular Hbond substituents is 1. The minimum Gasteiger partial charge on any atom is -0.507 e.